The number of hydrogen-bond donors (Lipinski definition) is 2. The van der Waals surface area contributed by atoms with Crippen LogP contribution in [0.4, 0.5) is 8.78 Å². The second kappa shape index (κ2) is 6.64. The maximum Gasteiger partial charge on any atom is 0.131 e. The van der Waals surface area contributed by atoms with E-state index in [0.717, 1.165) is 12.1 Å². The number of halogens is 2. The zero-order valence-electron chi connectivity index (χ0n) is 9.91. The first-order chi connectivity index (χ1) is 8.04. The summed E-state index contributed by atoms with van der Waals surface area (Å²) in [5.74, 6) is -1.39. The lowest BCUT2D eigenvalue weighted by atomic mass is 10.1. The van der Waals surface area contributed by atoms with Crippen LogP contribution in [-0.2, 0) is 4.74 Å². The van der Waals surface area contributed by atoms with Crippen LogP contribution in [0.3, 0.4) is 0 Å². The Morgan fingerprint density at radius 1 is 1.35 bits per heavy atom. The molecule has 0 amide bonds. The molecule has 0 heterocycles. The molecule has 1 aromatic rings. The molecule has 0 saturated carbocycles. The van der Waals surface area contributed by atoms with E-state index in [2.05, 4.69) is 5.32 Å². The van der Waals surface area contributed by atoms with E-state index in [9.17, 15) is 13.9 Å². The highest BCUT2D eigenvalue weighted by Crippen LogP contribution is 2.17. The Morgan fingerprint density at radius 2 is 2.06 bits per heavy atom. The number of hydrogen-bond acceptors (Lipinski definition) is 3. The van der Waals surface area contributed by atoms with Crippen molar-refractivity contribution >= 4 is 0 Å². The largest absolute Gasteiger partial charge is 0.387 e. The maximum absolute atomic E-state index is 13.3. The molecule has 0 aromatic heterocycles. The average Bonchev–Trinajstić information content (AvgIpc) is 2.28. The summed E-state index contributed by atoms with van der Waals surface area (Å²) in [6.45, 7) is 2.62. The number of ether oxygens (including phenoxy) is 1. The minimum Gasteiger partial charge on any atom is -0.387 e. The van der Waals surface area contributed by atoms with Crippen LogP contribution in [0.25, 0.3) is 0 Å². The molecule has 0 aliphatic heterocycles. The van der Waals surface area contributed by atoms with E-state index in [4.69, 9.17) is 4.74 Å². The molecule has 3 nitrogen and oxygen atoms in total. The van der Waals surface area contributed by atoms with E-state index in [-0.39, 0.29) is 18.2 Å². The highest BCUT2D eigenvalue weighted by atomic mass is 19.1. The Bertz CT molecular complexity index is 360. The predicted molar refractivity (Wildman–Crippen MR) is 60.7 cm³/mol. The number of nitrogens with one attached hydrogen (secondary N) is 1. The lowest BCUT2D eigenvalue weighted by Gasteiger charge is -2.15. The fourth-order valence-corrected chi connectivity index (χ4v) is 1.39. The van der Waals surface area contributed by atoms with E-state index in [1.807, 2.05) is 6.92 Å². The summed E-state index contributed by atoms with van der Waals surface area (Å²) in [6, 6.07) is 3.13. The van der Waals surface area contributed by atoms with E-state index in [0.29, 0.717) is 6.54 Å². The third-order valence-electron chi connectivity index (χ3n) is 2.49. The van der Waals surface area contributed by atoms with Crippen molar-refractivity contribution in [1.82, 2.24) is 5.32 Å². The van der Waals surface area contributed by atoms with Gasteiger partial charge in [0, 0.05) is 31.8 Å². The molecule has 0 aliphatic rings. The lowest BCUT2D eigenvalue weighted by molar-refractivity contribution is 0.109. The SMILES string of the molecule is COC(C)CNCC(O)c1ccc(F)cc1F. The molecule has 0 radical (unpaired) electrons. The topological polar surface area (TPSA) is 41.5 Å². The van der Waals surface area contributed by atoms with Gasteiger partial charge in [0.15, 0.2) is 0 Å². The van der Waals surface area contributed by atoms with Crippen LogP contribution in [-0.4, -0.2) is 31.4 Å². The molecule has 2 N–H and O–H groups in total. The smallest absolute Gasteiger partial charge is 0.131 e. The summed E-state index contributed by atoms with van der Waals surface area (Å²) in [6.07, 6.45) is -0.986. The highest BCUT2D eigenvalue weighted by molar-refractivity contribution is 5.21. The van der Waals surface area contributed by atoms with E-state index in [1.54, 1.807) is 7.11 Å². The van der Waals surface area contributed by atoms with Crippen LogP contribution in [0, 0.1) is 11.6 Å². The van der Waals surface area contributed by atoms with E-state index in [1.165, 1.54) is 6.07 Å². The zero-order valence-corrected chi connectivity index (χ0v) is 9.91. The van der Waals surface area contributed by atoms with Crippen molar-refractivity contribution in [2.24, 2.45) is 0 Å². The number of methoxy groups -OCH3 is 1. The molecular weight excluding hydrogens is 228 g/mol. The Kier molecular flexibility index (Phi) is 5.47. The Hall–Kier alpha value is -1.04. The van der Waals surface area contributed by atoms with Crippen LogP contribution in [0.1, 0.15) is 18.6 Å². The molecule has 96 valence electrons. The molecule has 17 heavy (non-hydrogen) atoms. The number of rotatable bonds is 6. The van der Waals surface area contributed by atoms with Gasteiger partial charge in [-0.1, -0.05) is 6.07 Å². The van der Waals surface area contributed by atoms with Crippen LogP contribution >= 0.6 is 0 Å². The van der Waals surface area contributed by atoms with Gasteiger partial charge >= 0.3 is 0 Å². The normalized spacial score (nSPS) is 14.6. The van der Waals surface area contributed by atoms with Gasteiger partial charge in [-0.2, -0.15) is 0 Å². The van der Waals surface area contributed by atoms with Crippen molar-refractivity contribution in [3.63, 3.8) is 0 Å². The van der Waals surface area contributed by atoms with Gasteiger partial charge in [0.2, 0.25) is 0 Å². The van der Waals surface area contributed by atoms with Crippen LogP contribution in [0.15, 0.2) is 18.2 Å². The summed E-state index contributed by atoms with van der Waals surface area (Å²) in [7, 11) is 1.59. The van der Waals surface area contributed by atoms with Gasteiger partial charge in [-0.3, -0.25) is 0 Å². The summed E-state index contributed by atoms with van der Waals surface area (Å²) in [4.78, 5) is 0. The molecular formula is C12H17F2NO2. The van der Waals surface area contributed by atoms with Crippen molar-refractivity contribution in [3.05, 3.63) is 35.4 Å². The first kappa shape index (κ1) is 14.0. The van der Waals surface area contributed by atoms with Gasteiger partial charge in [-0.25, -0.2) is 8.78 Å². The van der Waals surface area contributed by atoms with Crippen molar-refractivity contribution in [3.8, 4) is 0 Å². The summed E-state index contributed by atoms with van der Waals surface area (Å²) >= 11 is 0. The number of aliphatic hydroxyl groups excluding tert-OH is 1. The number of benzene rings is 1. The molecule has 5 heteroatoms. The minimum absolute atomic E-state index is 0.0141. The average molecular weight is 245 g/mol. The van der Waals surface area contributed by atoms with Crippen molar-refractivity contribution in [2.75, 3.05) is 20.2 Å². The van der Waals surface area contributed by atoms with Gasteiger partial charge in [-0.05, 0) is 13.0 Å². The minimum atomic E-state index is -1.00. The van der Waals surface area contributed by atoms with Crippen molar-refractivity contribution in [2.45, 2.75) is 19.1 Å². The van der Waals surface area contributed by atoms with Gasteiger partial charge in [-0.15, -0.1) is 0 Å². The Balaban J connectivity index is 2.49. The Labute approximate surface area is 99.4 Å². The van der Waals surface area contributed by atoms with Crippen molar-refractivity contribution < 1.29 is 18.6 Å². The molecule has 1 aromatic carbocycles. The molecule has 0 saturated heterocycles. The molecule has 0 bridgehead atoms. The molecule has 2 atom stereocenters. The third-order valence-corrected chi connectivity index (χ3v) is 2.49. The van der Waals surface area contributed by atoms with Gasteiger partial charge in [0.05, 0.1) is 12.2 Å². The molecule has 2 unspecified atom stereocenters. The van der Waals surface area contributed by atoms with E-state index < -0.39 is 17.7 Å². The van der Waals surface area contributed by atoms with Gasteiger partial charge < -0.3 is 15.2 Å². The monoisotopic (exact) mass is 245 g/mol. The molecule has 0 fully saturated rings. The van der Waals surface area contributed by atoms with Gasteiger partial charge in [0.25, 0.3) is 0 Å². The standard InChI is InChI=1S/C12H17F2NO2/c1-8(17-2)6-15-7-12(16)10-4-3-9(13)5-11(10)14/h3-5,8,12,15-16H,6-7H2,1-2H3. The maximum atomic E-state index is 13.3. The van der Waals surface area contributed by atoms with E-state index >= 15 is 0 Å². The number of aliphatic hydroxyl groups is 1. The predicted octanol–water partition coefficient (Wildman–Crippen LogP) is 1.62. The molecule has 0 aliphatic carbocycles. The van der Waals surface area contributed by atoms with Crippen molar-refractivity contribution in [1.29, 1.82) is 0 Å². The first-order valence-electron chi connectivity index (χ1n) is 5.41. The second-order valence-electron chi connectivity index (χ2n) is 3.89. The zero-order chi connectivity index (χ0) is 12.8. The quantitative estimate of drug-likeness (QED) is 0.800. The van der Waals surface area contributed by atoms with Crippen LogP contribution < -0.4 is 5.32 Å². The summed E-state index contributed by atoms with van der Waals surface area (Å²) in [5, 5.41) is 12.7. The molecule has 1 rings (SSSR count). The van der Waals surface area contributed by atoms with Gasteiger partial charge in [0.1, 0.15) is 11.6 Å². The summed E-state index contributed by atoms with van der Waals surface area (Å²) < 4.78 is 31.0. The van der Waals surface area contributed by atoms with Crippen LogP contribution in [0.5, 0.6) is 0 Å². The molecule has 0 spiro atoms. The fraction of sp³-hybridized carbons (Fsp3) is 0.500. The third kappa shape index (κ3) is 4.38. The Morgan fingerprint density at radius 3 is 2.65 bits per heavy atom. The highest BCUT2D eigenvalue weighted by Gasteiger charge is 2.13. The first-order valence-corrected chi connectivity index (χ1v) is 5.41. The van der Waals surface area contributed by atoms with Crippen LogP contribution in [0.2, 0.25) is 0 Å². The summed E-state index contributed by atoms with van der Waals surface area (Å²) in [5.41, 5.74) is 0.0870. The lowest BCUT2D eigenvalue weighted by Crippen LogP contribution is -2.30. The fourth-order valence-electron chi connectivity index (χ4n) is 1.39. The second-order valence-corrected chi connectivity index (χ2v) is 3.89.